The number of aromatic nitrogens is 6. The van der Waals surface area contributed by atoms with Gasteiger partial charge in [-0.1, -0.05) is 66.2 Å². The summed E-state index contributed by atoms with van der Waals surface area (Å²) in [5.41, 5.74) is 8.99. The molecule has 0 spiro atoms. The Hall–Kier alpha value is -8.65. The highest BCUT2D eigenvalue weighted by molar-refractivity contribution is 7.84. The van der Waals surface area contributed by atoms with Crippen LogP contribution in [-0.4, -0.2) is 169 Å². The van der Waals surface area contributed by atoms with Gasteiger partial charge in [0.15, 0.2) is 5.78 Å². The maximum absolute atomic E-state index is 13.7. The number of benzene rings is 4. The fourth-order valence-electron chi connectivity index (χ4n) is 15.4. The van der Waals surface area contributed by atoms with Gasteiger partial charge in [0, 0.05) is 98.6 Å². The van der Waals surface area contributed by atoms with Crippen LogP contribution < -0.4 is 31.4 Å². The first kappa shape index (κ1) is 82.9. The number of ketones is 4. The lowest BCUT2D eigenvalue weighted by Gasteiger charge is -2.24. The largest absolute Gasteiger partial charge is 0.393 e. The highest BCUT2D eigenvalue weighted by Crippen LogP contribution is 2.43. The van der Waals surface area contributed by atoms with E-state index in [4.69, 9.17) is 46.2 Å². The lowest BCUT2D eigenvalue weighted by atomic mass is 9.93. The number of hydrogen-bond acceptors (Lipinski definition) is 30. The quantitative estimate of drug-likeness (QED) is 0.0255. The van der Waals surface area contributed by atoms with Gasteiger partial charge < -0.3 is 50.0 Å². The number of nitrogens with two attached hydrogens (primary N) is 3. The maximum atomic E-state index is 13.7. The minimum absolute atomic E-state index is 0.0299. The third kappa shape index (κ3) is 20.0. The number of hydrogen-bond donors (Lipinski definition) is 9. The summed E-state index contributed by atoms with van der Waals surface area (Å²) in [4.78, 5) is 77.8. The van der Waals surface area contributed by atoms with Crippen molar-refractivity contribution >= 4 is 128 Å². The average molecular weight is 1710 g/mol. The van der Waals surface area contributed by atoms with Crippen LogP contribution in [0.25, 0.3) is 11.0 Å². The minimum Gasteiger partial charge on any atom is -0.393 e. The Bertz CT molecular complexity index is 5630. The van der Waals surface area contributed by atoms with Crippen molar-refractivity contribution in [2.75, 3.05) is 55.6 Å². The van der Waals surface area contributed by atoms with E-state index in [0.29, 0.717) is 112 Å². The van der Waals surface area contributed by atoms with E-state index in [1.807, 2.05) is 109 Å². The number of nitrogens with zero attached hydrogens (tertiary/aromatic N) is 6. The molecular weight excluding hydrogens is 1620 g/mol. The standard InChI is InChI=1S/C27H29ClN2O6S2.C26H28N6O6S2.C24H24N4O7S2/c28-18-8-7-16-4-3-11-35-27(21(16)13-18)25-10-9-24(37-25)26(32)20-5-1-2-6-22(20)30-19-12-17(23(31)14-19)15-36-38(29,33)34;1-14-17(24-26-31-19-4-2-3-5-20(19)32(26)6-7-37-24)10-22(39-14)23(34)18-11-28-13-29-25(18)30-16-8-15(21(33)9-16)12-38-40(27,35)36;25-37(32,33)35-9-13-5-15(7-19(13)29)28-24-18(8-26-12-27-24)22(31)21-6-14(11-36-21)23-17-4-2-1-3-16(17)20(30)10-34-23/h1-2,5-10,13,17,19,23,27,30-31H,3-4,11-12,14-15H2,(H2,29,33,34);2-5,10-11,13,15-16,21,24,33H,6-9,12H2,1H3,(H2,27,35,36)(H,28,29,30);1-4,6,8,11-13,15,19,23,29H,5,7,9-10H2,(H2,25,32,33)(H,26,27,28)/t17-,19-,23+,27?;15-,16-,21+,24?;13-,15-,19+,23?/m111/s1. The molecular formula is C77H81ClN12O19S6. The molecule has 606 valence electrons. The van der Waals surface area contributed by atoms with E-state index in [1.165, 1.54) is 64.6 Å². The molecule has 3 fully saturated rings. The number of rotatable bonds is 24. The number of imidazole rings is 1. The Morgan fingerprint density at radius 1 is 0.591 bits per heavy atom. The summed E-state index contributed by atoms with van der Waals surface area (Å²) in [6, 6.07) is 35.1. The number of thiophene rings is 3. The van der Waals surface area contributed by atoms with E-state index in [0.717, 1.165) is 61.7 Å². The molecule has 12 atom stereocenters. The number of anilines is 3. The first-order valence-electron chi connectivity index (χ1n) is 36.7. The summed E-state index contributed by atoms with van der Waals surface area (Å²) < 4.78 is 101. The molecule has 12 N–H and O–H groups in total. The number of para-hydroxylation sites is 3. The number of carbonyl (C=O) groups excluding carboxylic acids is 4. The van der Waals surface area contributed by atoms with Gasteiger partial charge in [-0.15, -0.1) is 34.0 Å². The van der Waals surface area contributed by atoms with Gasteiger partial charge in [0.25, 0.3) is 0 Å². The third-order valence-corrected chi connectivity index (χ3v) is 25.6. The summed E-state index contributed by atoms with van der Waals surface area (Å²) in [5, 5.41) is 58.1. The summed E-state index contributed by atoms with van der Waals surface area (Å²) in [7, 11) is -12.3. The van der Waals surface area contributed by atoms with Crippen molar-refractivity contribution in [3.8, 4) is 0 Å². The molecule has 10 aromatic rings. The maximum Gasteiger partial charge on any atom is 0.333 e. The van der Waals surface area contributed by atoms with Crippen LogP contribution in [0.15, 0.2) is 146 Å². The second kappa shape index (κ2) is 35.7. The van der Waals surface area contributed by atoms with Crippen LogP contribution in [0.4, 0.5) is 17.3 Å². The van der Waals surface area contributed by atoms with Crippen molar-refractivity contribution in [2.24, 2.45) is 33.2 Å². The topological polar surface area (TPSA) is 470 Å². The predicted octanol–water partition coefficient (Wildman–Crippen LogP) is 8.62. The van der Waals surface area contributed by atoms with Gasteiger partial charge in [0.2, 0.25) is 17.3 Å². The molecule has 31 nitrogen and oxygen atoms in total. The second-order valence-electron chi connectivity index (χ2n) is 28.7. The minimum atomic E-state index is -4.11. The number of ether oxygens (including phenoxy) is 3. The number of nitrogens with one attached hydrogen (secondary N) is 3. The molecule has 4 aromatic carbocycles. The number of aliphatic hydroxyl groups is 3. The van der Waals surface area contributed by atoms with Crippen LogP contribution in [0, 0.1) is 24.7 Å². The molecule has 38 heteroatoms. The van der Waals surface area contributed by atoms with Crippen molar-refractivity contribution < 1.29 is 86.5 Å². The van der Waals surface area contributed by atoms with Crippen molar-refractivity contribution in [2.45, 2.75) is 120 Å². The van der Waals surface area contributed by atoms with Gasteiger partial charge >= 0.3 is 30.9 Å². The lowest BCUT2D eigenvalue weighted by molar-refractivity contribution is 0.0441. The number of aryl methyl sites for hydroxylation is 2. The zero-order chi connectivity index (χ0) is 81.0. The van der Waals surface area contributed by atoms with Crippen molar-refractivity contribution in [1.82, 2.24) is 29.5 Å². The molecule has 115 heavy (non-hydrogen) atoms. The molecule has 3 unspecified atom stereocenters. The van der Waals surface area contributed by atoms with Crippen molar-refractivity contribution in [3.63, 3.8) is 0 Å². The number of halogens is 1. The molecule has 0 radical (unpaired) electrons. The van der Waals surface area contributed by atoms with Gasteiger partial charge in [0.05, 0.1) is 81.5 Å². The Balaban J connectivity index is 0.000000143. The van der Waals surface area contributed by atoms with Gasteiger partial charge in [-0.05, 0) is 147 Å². The Morgan fingerprint density at radius 2 is 1.17 bits per heavy atom. The highest BCUT2D eigenvalue weighted by atomic mass is 35.5. The fraction of sp³-hybridized carbons (Fsp3) is 0.364. The van der Waals surface area contributed by atoms with E-state index in [2.05, 4.69) is 53.0 Å². The van der Waals surface area contributed by atoms with E-state index in [-0.39, 0.29) is 91.4 Å². The summed E-state index contributed by atoms with van der Waals surface area (Å²) >= 11 is 10.3. The third-order valence-electron chi connectivity index (χ3n) is 20.9. The summed E-state index contributed by atoms with van der Waals surface area (Å²) in [5.74, 6) is -0.503. The average Bonchev–Trinajstić information content (AvgIpc) is 1.60. The smallest absolute Gasteiger partial charge is 0.333 e. The number of carbonyl (C=O) groups is 4. The van der Waals surface area contributed by atoms with Gasteiger partial charge in [-0.2, -0.15) is 25.3 Å². The van der Waals surface area contributed by atoms with Gasteiger partial charge in [0.1, 0.15) is 55.0 Å². The van der Waals surface area contributed by atoms with Crippen LogP contribution in [0.1, 0.15) is 163 Å². The first-order chi connectivity index (χ1) is 55.0. The van der Waals surface area contributed by atoms with Crippen LogP contribution in [-0.2, 0) is 70.6 Å². The SMILES string of the molecule is Cc1sc(C(=O)c2cncnc2N[C@@H]2C[C@H](COS(N)(=O)=O)[C@@H](O)C2)cc1C1OCCn2c1nc1ccccc12.NS(=O)(=O)OC[C@H]1C[C@@H](Nc2ccccc2C(=O)c2ccc(C3OCCCc4ccc(Cl)cc43)s2)C[C@@H]1O.NS(=O)(=O)OC[C@H]1C[C@@H](Nc2ncncc2C(=O)c2cc(C3OCC(=O)c4ccccc43)cs2)C[C@@H]1O. The van der Waals surface area contributed by atoms with Gasteiger partial charge in [-0.25, -0.2) is 40.3 Å². The molecule has 0 bridgehead atoms. The Kier molecular flexibility index (Phi) is 25.7. The fourth-order valence-corrected chi connectivity index (χ4v) is 19.6. The van der Waals surface area contributed by atoms with Crippen LogP contribution in [0.2, 0.25) is 5.02 Å². The number of aliphatic hydroxyl groups excluding tert-OH is 3. The lowest BCUT2D eigenvalue weighted by Crippen LogP contribution is -2.24. The van der Waals surface area contributed by atoms with Crippen LogP contribution >= 0.6 is 45.6 Å². The van der Waals surface area contributed by atoms with E-state index in [9.17, 15) is 59.8 Å². The van der Waals surface area contributed by atoms with Crippen molar-refractivity contribution in [3.05, 3.63) is 231 Å². The molecule has 3 saturated carbocycles. The van der Waals surface area contributed by atoms with Crippen molar-refractivity contribution in [1.29, 1.82) is 0 Å². The molecule has 6 aliphatic rings. The summed E-state index contributed by atoms with van der Waals surface area (Å²) in [6.45, 7) is 3.17. The normalized spacial score (nSPS) is 23.3. The molecule has 3 aliphatic heterocycles. The first-order valence-corrected chi connectivity index (χ1v) is 44.0. The zero-order valence-corrected chi connectivity index (χ0v) is 67.2. The predicted molar refractivity (Wildman–Crippen MR) is 428 cm³/mol. The van der Waals surface area contributed by atoms with Gasteiger partial charge in [-0.3, -0.25) is 31.7 Å². The zero-order valence-electron chi connectivity index (χ0n) is 61.5. The Labute approximate surface area is 678 Å². The molecule has 0 amide bonds. The molecule has 9 heterocycles. The monoisotopic (exact) mass is 1700 g/mol. The highest BCUT2D eigenvalue weighted by Gasteiger charge is 2.40. The van der Waals surface area contributed by atoms with E-state index in [1.54, 1.807) is 18.2 Å². The Morgan fingerprint density at radius 3 is 1.81 bits per heavy atom. The molecule has 0 saturated heterocycles. The molecule has 6 aromatic heterocycles. The summed E-state index contributed by atoms with van der Waals surface area (Å²) in [6.07, 6.45) is 6.28. The second-order valence-corrected chi connectivity index (χ2v) is 36.1. The van der Waals surface area contributed by atoms with Crippen LogP contribution in [0.5, 0.6) is 0 Å². The number of fused-ring (bicyclic) bond motifs is 5. The molecule has 16 rings (SSSR count). The molecule has 3 aliphatic carbocycles. The number of Topliss-reactive ketones (excluding diaryl/α,β-unsaturated/α-hetero) is 1. The van der Waals surface area contributed by atoms with E-state index >= 15 is 0 Å². The van der Waals surface area contributed by atoms with Crippen LogP contribution in [0.3, 0.4) is 0 Å². The van der Waals surface area contributed by atoms with E-state index < -0.39 is 67.2 Å².